The minimum Gasteiger partial charge on any atom is -0.486 e. The lowest BCUT2D eigenvalue weighted by Crippen LogP contribution is -2.43. The molecule has 1 fully saturated rings. The Labute approximate surface area is 170 Å². The van der Waals surface area contributed by atoms with Crippen LogP contribution in [0.5, 0.6) is 5.75 Å². The molecule has 0 unspecified atom stereocenters. The maximum Gasteiger partial charge on any atom is 0.226 e. The van der Waals surface area contributed by atoms with Crippen LogP contribution in [-0.4, -0.2) is 30.0 Å². The van der Waals surface area contributed by atoms with Crippen molar-refractivity contribution in [2.75, 3.05) is 13.1 Å². The van der Waals surface area contributed by atoms with Crippen LogP contribution < -0.4 is 15.4 Å². The van der Waals surface area contributed by atoms with E-state index in [0.29, 0.717) is 19.1 Å². The van der Waals surface area contributed by atoms with Crippen LogP contribution in [0.15, 0.2) is 29.6 Å². The second kappa shape index (κ2) is 11.4. The number of carbonyl (C=O) groups excluding carboxylic acids is 1. The van der Waals surface area contributed by atoms with Gasteiger partial charge in [-0.25, -0.2) is 4.98 Å². The lowest BCUT2D eigenvalue weighted by atomic mass is 10.1. The van der Waals surface area contributed by atoms with Gasteiger partial charge in [0.15, 0.2) is 0 Å². The van der Waals surface area contributed by atoms with Gasteiger partial charge in [-0.15, -0.1) is 36.2 Å². The number of benzene rings is 1. The van der Waals surface area contributed by atoms with Crippen LogP contribution in [0.4, 0.5) is 0 Å². The second-order valence-electron chi connectivity index (χ2n) is 6.10. The SMILES string of the molecule is Cc1ccc(OCc2nc(CC(=O)NC3CCNCC3)cs2)cc1.Cl.Cl. The predicted octanol–water partition coefficient (Wildman–Crippen LogP) is 3.28. The third kappa shape index (κ3) is 7.11. The van der Waals surface area contributed by atoms with E-state index >= 15 is 0 Å². The summed E-state index contributed by atoms with van der Waals surface area (Å²) in [7, 11) is 0. The first-order chi connectivity index (χ1) is 11.7. The first kappa shape index (κ1) is 22.7. The van der Waals surface area contributed by atoms with Gasteiger partial charge in [0.1, 0.15) is 17.4 Å². The highest BCUT2D eigenvalue weighted by atomic mass is 35.5. The number of nitrogens with one attached hydrogen (secondary N) is 2. The van der Waals surface area contributed by atoms with Crippen molar-refractivity contribution in [3.8, 4) is 5.75 Å². The fraction of sp³-hybridized carbons (Fsp3) is 0.444. The number of carbonyl (C=O) groups is 1. The Balaban J connectivity index is 0.00000169. The Morgan fingerprint density at radius 1 is 1.27 bits per heavy atom. The molecule has 5 nitrogen and oxygen atoms in total. The molecule has 1 aromatic heterocycles. The summed E-state index contributed by atoms with van der Waals surface area (Å²) in [5.74, 6) is 0.888. The predicted molar refractivity (Wildman–Crippen MR) is 110 cm³/mol. The van der Waals surface area contributed by atoms with Gasteiger partial charge < -0.3 is 15.4 Å². The molecular weight excluding hydrogens is 393 g/mol. The third-order valence-electron chi connectivity index (χ3n) is 4.03. The second-order valence-corrected chi connectivity index (χ2v) is 7.05. The summed E-state index contributed by atoms with van der Waals surface area (Å²) in [6.07, 6.45) is 2.34. The lowest BCUT2D eigenvalue weighted by Gasteiger charge is -2.23. The van der Waals surface area contributed by atoms with Crippen molar-refractivity contribution in [2.24, 2.45) is 0 Å². The van der Waals surface area contributed by atoms with Crippen molar-refractivity contribution in [3.63, 3.8) is 0 Å². The van der Waals surface area contributed by atoms with Gasteiger partial charge in [-0.3, -0.25) is 4.79 Å². The molecule has 0 aliphatic carbocycles. The highest BCUT2D eigenvalue weighted by Gasteiger charge is 2.16. The molecule has 1 aromatic carbocycles. The highest BCUT2D eigenvalue weighted by molar-refractivity contribution is 7.09. The Kier molecular flexibility index (Phi) is 9.94. The molecule has 0 saturated carbocycles. The Morgan fingerprint density at radius 3 is 2.65 bits per heavy atom. The topological polar surface area (TPSA) is 63.2 Å². The highest BCUT2D eigenvalue weighted by Crippen LogP contribution is 2.16. The zero-order chi connectivity index (χ0) is 16.8. The molecule has 0 atom stereocenters. The summed E-state index contributed by atoms with van der Waals surface area (Å²) in [6, 6.07) is 8.25. The fourth-order valence-electron chi connectivity index (χ4n) is 2.69. The van der Waals surface area contributed by atoms with Crippen LogP contribution in [0.1, 0.15) is 29.1 Å². The van der Waals surface area contributed by atoms with E-state index in [9.17, 15) is 4.79 Å². The summed E-state index contributed by atoms with van der Waals surface area (Å²) in [5.41, 5.74) is 2.02. The molecule has 0 bridgehead atoms. The summed E-state index contributed by atoms with van der Waals surface area (Å²) >= 11 is 1.53. The molecule has 26 heavy (non-hydrogen) atoms. The van der Waals surface area contributed by atoms with Gasteiger partial charge in [0.05, 0.1) is 12.1 Å². The van der Waals surface area contributed by atoms with Gasteiger partial charge in [0.2, 0.25) is 5.91 Å². The van der Waals surface area contributed by atoms with E-state index in [-0.39, 0.29) is 30.7 Å². The number of hydrogen-bond donors (Lipinski definition) is 2. The van der Waals surface area contributed by atoms with Gasteiger partial charge in [-0.05, 0) is 45.0 Å². The first-order valence-electron chi connectivity index (χ1n) is 8.32. The van der Waals surface area contributed by atoms with Gasteiger partial charge >= 0.3 is 0 Å². The quantitative estimate of drug-likeness (QED) is 0.756. The van der Waals surface area contributed by atoms with E-state index in [1.165, 1.54) is 16.9 Å². The Bertz CT molecular complexity index is 673. The Hall–Kier alpha value is -1.34. The molecule has 2 aromatic rings. The smallest absolute Gasteiger partial charge is 0.226 e. The molecule has 3 rings (SSSR count). The number of rotatable bonds is 6. The molecule has 0 spiro atoms. The van der Waals surface area contributed by atoms with Crippen LogP contribution in [0.2, 0.25) is 0 Å². The number of nitrogens with zero attached hydrogens (tertiary/aromatic N) is 1. The van der Waals surface area contributed by atoms with Crippen molar-refractivity contribution in [1.29, 1.82) is 0 Å². The van der Waals surface area contributed by atoms with Crippen LogP contribution in [0.3, 0.4) is 0 Å². The van der Waals surface area contributed by atoms with Gasteiger partial charge in [0.25, 0.3) is 0 Å². The summed E-state index contributed by atoms with van der Waals surface area (Å²) in [4.78, 5) is 16.6. The van der Waals surface area contributed by atoms with Crippen molar-refractivity contribution in [1.82, 2.24) is 15.6 Å². The van der Waals surface area contributed by atoms with Crippen molar-refractivity contribution >= 4 is 42.1 Å². The zero-order valence-corrected chi connectivity index (χ0v) is 17.1. The van der Waals surface area contributed by atoms with E-state index in [1.807, 2.05) is 36.6 Å². The number of thiazole rings is 1. The van der Waals surface area contributed by atoms with E-state index in [4.69, 9.17) is 4.74 Å². The van der Waals surface area contributed by atoms with Crippen molar-refractivity contribution in [2.45, 2.75) is 38.8 Å². The molecule has 1 saturated heterocycles. The summed E-state index contributed by atoms with van der Waals surface area (Å²) < 4.78 is 5.73. The molecule has 2 N–H and O–H groups in total. The van der Waals surface area contributed by atoms with Crippen molar-refractivity contribution < 1.29 is 9.53 Å². The molecule has 1 aliphatic heterocycles. The largest absolute Gasteiger partial charge is 0.486 e. The van der Waals surface area contributed by atoms with Crippen LogP contribution in [-0.2, 0) is 17.8 Å². The number of aromatic nitrogens is 1. The monoisotopic (exact) mass is 417 g/mol. The molecule has 1 amide bonds. The summed E-state index contributed by atoms with van der Waals surface area (Å²) in [6.45, 7) is 4.43. The fourth-order valence-corrected chi connectivity index (χ4v) is 3.39. The molecule has 1 aliphatic rings. The maximum absolute atomic E-state index is 12.1. The lowest BCUT2D eigenvalue weighted by molar-refractivity contribution is -0.121. The standard InChI is InChI=1S/C18H23N3O2S.2ClH/c1-13-2-4-16(5-3-13)23-11-18-21-15(12-24-18)10-17(22)20-14-6-8-19-9-7-14;;/h2-5,12,14,19H,6-11H2,1H3,(H,20,22);2*1H. The molecule has 144 valence electrons. The van der Waals surface area contributed by atoms with Crippen LogP contribution >= 0.6 is 36.2 Å². The molecule has 8 heteroatoms. The van der Waals surface area contributed by atoms with Gasteiger partial charge in [-0.2, -0.15) is 0 Å². The minimum atomic E-state index is 0. The minimum absolute atomic E-state index is 0. The normalized spacial score (nSPS) is 14.0. The van der Waals surface area contributed by atoms with Crippen molar-refractivity contribution in [3.05, 3.63) is 45.9 Å². The van der Waals surface area contributed by atoms with E-state index in [0.717, 1.165) is 42.4 Å². The summed E-state index contributed by atoms with van der Waals surface area (Å²) in [5, 5.41) is 9.22. The number of ether oxygens (including phenoxy) is 1. The maximum atomic E-state index is 12.1. The van der Waals surface area contributed by atoms with Crippen LogP contribution in [0.25, 0.3) is 0 Å². The Morgan fingerprint density at radius 2 is 1.96 bits per heavy atom. The molecular formula is C18H25Cl2N3O2S. The first-order valence-corrected chi connectivity index (χ1v) is 9.20. The van der Waals surface area contributed by atoms with Gasteiger partial charge in [-0.1, -0.05) is 17.7 Å². The van der Waals surface area contributed by atoms with E-state index in [2.05, 4.69) is 15.6 Å². The van der Waals surface area contributed by atoms with Crippen LogP contribution in [0, 0.1) is 6.92 Å². The van der Waals surface area contributed by atoms with E-state index in [1.54, 1.807) is 0 Å². The zero-order valence-electron chi connectivity index (χ0n) is 14.7. The average molecular weight is 418 g/mol. The number of aryl methyl sites for hydroxylation is 1. The molecule has 2 heterocycles. The number of piperidine rings is 1. The van der Waals surface area contributed by atoms with E-state index < -0.39 is 0 Å². The molecule has 0 radical (unpaired) electrons. The van der Waals surface area contributed by atoms with Gasteiger partial charge in [0, 0.05) is 11.4 Å². The number of halogens is 2. The number of hydrogen-bond acceptors (Lipinski definition) is 5. The number of amides is 1. The third-order valence-corrected chi connectivity index (χ3v) is 4.90. The average Bonchev–Trinajstić information content (AvgIpc) is 3.02.